The lowest BCUT2D eigenvalue weighted by atomic mass is 10.2. The van der Waals surface area contributed by atoms with Crippen molar-refractivity contribution in [3.8, 4) is 0 Å². The van der Waals surface area contributed by atoms with E-state index in [1.54, 1.807) is 12.1 Å². The van der Waals surface area contributed by atoms with Crippen molar-refractivity contribution in [1.82, 2.24) is 5.32 Å². The molecule has 172 valence electrons. The van der Waals surface area contributed by atoms with Gasteiger partial charge in [-0.15, -0.1) is 0 Å². The molecule has 0 aliphatic heterocycles. The predicted molar refractivity (Wildman–Crippen MR) is 117 cm³/mol. The first kappa shape index (κ1) is 27.8. The quantitative estimate of drug-likeness (QED) is 0.307. The van der Waals surface area contributed by atoms with Gasteiger partial charge in [-0.25, -0.2) is 4.39 Å². The number of nitro groups is 2. The summed E-state index contributed by atoms with van der Waals surface area (Å²) in [7, 11) is 0. The Kier molecular flexibility index (Phi) is 14.9. The molecule has 0 fully saturated rings. The molecule has 0 saturated carbocycles. The van der Waals surface area contributed by atoms with Crippen LogP contribution in [0.5, 0.6) is 0 Å². The Bertz CT molecular complexity index is 755. The molecule has 0 heterocycles. The third-order valence-electron chi connectivity index (χ3n) is 3.75. The third-order valence-corrected chi connectivity index (χ3v) is 3.75. The van der Waals surface area contributed by atoms with Crippen LogP contribution in [0, 0.1) is 26.0 Å². The number of aliphatic hydroxyl groups excluding tert-OH is 2. The summed E-state index contributed by atoms with van der Waals surface area (Å²) in [6.07, 6.45) is 0. The number of hydrogen-bond donors (Lipinski definition) is 3. The van der Waals surface area contributed by atoms with Crippen LogP contribution in [0.15, 0.2) is 48.5 Å². The van der Waals surface area contributed by atoms with Crippen LogP contribution in [0.1, 0.15) is 13.8 Å². The monoisotopic (exact) mass is 440 g/mol. The lowest BCUT2D eigenvalue weighted by Crippen LogP contribution is -2.25. The van der Waals surface area contributed by atoms with E-state index in [2.05, 4.69) is 5.32 Å². The van der Waals surface area contributed by atoms with Gasteiger partial charge in [0.05, 0.1) is 23.1 Å². The van der Waals surface area contributed by atoms with Crippen LogP contribution in [-0.2, 0) is 0 Å². The molecule has 31 heavy (non-hydrogen) atoms. The standard InChI is InChI=1S/C10H14N2O3.C6H4FNO2.C4H11NO/c1-2-11(7-8-13)9-3-5-10(6-4-9)12(14)15;7-5-1-3-6(4-2-5)8(9)10;1-2-5-3-4-6/h3-6,13H,2,7-8H2,1H3;1-4H;5-6H,2-4H2,1H3. The van der Waals surface area contributed by atoms with E-state index in [-0.39, 0.29) is 24.6 Å². The number of halogens is 1. The fraction of sp³-hybridized carbons (Fsp3) is 0.400. The van der Waals surface area contributed by atoms with Gasteiger partial charge in [0, 0.05) is 49.6 Å². The topological polar surface area (TPSA) is 142 Å². The number of nitrogens with zero attached hydrogens (tertiary/aromatic N) is 3. The molecule has 0 unspecified atom stereocenters. The second kappa shape index (κ2) is 16.6. The fourth-order valence-corrected chi connectivity index (χ4v) is 2.19. The van der Waals surface area contributed by atoms with E-state index in [9.17, 15) is 24.6 Å². The first-order valence-electron chi connectivity index (χ1n) is 9.62. The van der Waals surface area contributed by atoms with Crippen LogP contribution in [-0.4, -0.2) is 59.5 Å². The van der Waals surface area contributed by atoms with Gasteiger partial charge in [0.2, 0.25) is 0 Å². The second-order valence-corrected chi connectivity index (χ2v) is 5.89. The maximum atomic E-state index is 12.1. The van der Waals surface area contributed by atoms with E-state index in [4.69, 9.17) is 10.2 Å². The number of likely N-dealkylation sites (N-methyl/N-ethyl adjacent to an activating group) is 2. The van der Waals surface area contributed by atoms with Gasteiger partial charge in [-0.3, -0.25) is 20.2 Å². The maximum absolute atomic E-state index is 12.1. The molecule has 2 aromatic carbocycles. The zero-order chi connectivity index (χ0) is 23.6. The van der Waals surface area contributed by atoms with E-state index in [1.807, 2.05) is 18.7 Å². The summed E-state index contributed by atoms with van der Waals surface area (Å²) in [5, 5.41) is 40.3. The largest absolute Gasteiger partial charge is 0.395 e. The molecule has 3 N–H and O–H groups in total. The maximum Gasteiger partial charge on any atom is 0.269 e. The van der Waals surface area contributed by atoms with E-state index >= 15 is 0 Å². The molecular formula is C20H29FN4O6. The van der Waals surface area contributed by atoms with Crippen molar-refractivity contribution in [3.05, 3.63) is 74.6 Å². The van der Waals surface area contributed by atoms with Gasteiger partial charge in [0.25, 0.3) is 11.4 Å². The Hall–Kier alpha value is -3.15. The predicted octanol–water partition coefficient (Wildman–Crippen LogP) is 2.74. The number of hydrogen-bond acceptors (Lipinski definition) is 8. The summed E-state index contributed by atoms with van der Waals surface area (Å²) in [5.74, 6) is -0.467. The van der Waals surface area contributed by atoms with Crippen molar-refractivity contribution in [1.29, 1.82) is 0 Å². The van der Waals surface area contributed by atoms with Crippen molar-refractivity contribution < 1.29 is 24.5 Å². The van der Waals surface area contributed by atoms with Crippen LogP contribution in [0.4, 0.5) is 21.5 Å². The zero-order valence-corrected chi connectivity index (χ0v) is 17.6. The van der Waals surface area contributed by atoms with Gasteiger partial charge in [0.15, 0.2) is 0 Å². The van der Waals surface area contributed by atoms with Crippen molar-refractivity contribution in [3.63, 3.8) is 0 Å². The molecule has 11 heteroatoms. The third kappa shape index (κ3) is 12.2. The van der Waals surface area contributed by atoms with E-state index < -0.39 is 15.7 Å². The van der Waals surface area contributed by atoms with Crippen LogP contribution < -0.4 is 10.2 Å². The van der Waals surface area contributed by atoms with Gasteiger partial charge in [-0.1, -0.05) is 6.92 Å². The SMILES string of the molecule is CCN(CCO)c1ccc([N+](=O)[O-])cc1.CCNCCO.O=[N+]([O-])c1ccc(F)cc1. The summed E-state index contributed by atoms with van der Waals surface area (Å²) in [5.41, 5.74) is 0.873. The number of nitro benzene ring substituents is 2. The normalized spacial score (nSPS) is 9.58. The van der Waals surface area contributed by atoms with Gasteiger partial charge >= 0.3 is 0 Å². The number of aliphatic hydroxyl groups is 2. The Balaban J connectivity index is 0.000000484. The van der Waals surface area contributed by atoms with E-state index in [0.29, 0.717) is 6.54 Å². The van der Waals surface area contributed by atoms with Gasteiger partial charge in [0.1, 0.15) is 5.82 Å². The zero-order valence-electron chi connectivity index (χ0n) is 17.6. The highest BCUT2D eigenvalue weighted by Gasteiger charge is 2.07. The van der Waals surface area contributed by atoms with Crippen molar-refractivity contribution >= 4 is 17.1 Å². The van der Waals surface area contributed by atoms with Crippen molar-refractivity contribution in [2.24, 2.45) is 0 Å². The Morgan fingerprint density at radius 3 is 1.71 bits per heavy atom. The summed E-state index contributed by atoms with van der Waals surface area (Å²) in [4.78, 5) is 21.4. The summed E-state index contributed by atoms with van der Waals surface area (Å²) < 4.78 is 12.1. The summed E-state index contributed by atoms with van der Waals surface area (Å²) in [6.45, 7) is 7.26. The minimum absolute atomic E-state index is 0.0742. The molecular weight excluding hydrogens is 411 g/mol. The number of nitrogens with one attached hydrogen (secondary N) is 1. The minimum Gasteiger partial charge on any atom is -0.395 e. The highest BCUT2D eigenvalue weighted by atomic mass is 19.1. The molecule has 0 amide bonds. The molecule has 0 atom stereocenters. The van der Waals surface area contributed by atoms with E-state index in [1.165, 1.54) is 12.1 Å². The molecule has 2 rings (SSSR count). The lowest BCUT2D eigenvalue weighted by Gasteiger charge is -2.21. The number of benzene rings is 2. The summed E-state index contributed by atoms with van der Waals surface area (Å²) in [6, 6.07) is 10.7. The molecule has 2 aromatic rings. The minimum atomic E-state index is -0.570. The molecule has 0 saturated heterocycles. The smallest absolute Gasteiger partial charge is 0.269 e. The molecule has 0 aromatic heterocycles. The molecule has 0 aliphatic carbocycles. The average molecular weight is 440 g/mol. The highest BCUT2D eigenvalue weighted by molar-refractivity contribution is 5.50. The molecule has 10 nitrogen and oxygen atoms in total. The molecule has 0 aliphatic rings. The van der Waals surface area contributed by atoms with Crippen molar-refractivity contribution in [2.45, 2.75) is 13.8 Å². The number of anilines is 1. The van der Waals surface area contributed by atoms with Gasteiger partial charge in [-0.2, -0.15) is 0 Å². The first-order chi connectivity index (χ1) is 14.8. The molecule has 0 radical (unpaired) electrons. The number of rotatable bonds is 9. The van der Waals surface area contributed by atoms with E-state index in [0.717, 1.165) is 49.6 Å². The molecule has 0 bridgehead atoms. The van der Waals surface area contributed by atoms with Crippen LogP contribution in [0.2, 0.25) is 0 Å². The number of non-ortho nitro benzene ring substituents is 2. The Morgan fingerprint density at radius 1 is 0.903 bits per heavy atom. The van der Waals surface area contributed by atoms with Gasteiger partial charge in [-0.05, 0) is 37.7 Å². The summed E-state index contributed by atoms with van der Waals surface area (Å²) >= 11 is 0. The highest BCUT2D eigenvalue weighted by Crippen LogP contribution is 2.18. The average Bonchev–Trinajstić information content (AvgIpc) is 2.77. The first-order valence-corrected chi connectivity index (χ1v) is 9.62. The van der Waals surface area contributed by atoms with Crippen LogP contribution in [0.3, 0.4) is 0 Å². The Morgan fingerprint density at radius 2 is 1.39 bits per heavy atom. The molecule has 0 spiro atoms. The lowest BCUT2D eigenvalue weighted by molar-refractivity contribution is -0.385. The van der Waals surface area contributed by atoms with Gasteiger partial charge < -0.3 is 20.4 Å². The van der Waals surface area contributed by atoms with Crippen LogP contribution in [0.25, 0.3) is 0 Å². The van der Waals surface area contributed by atoms with Crippen LogP contribution >= 0.6 is 0 Å². The Labute approximate surface area is 180 Å². The fourth-order valence-electron chi connectivity index (χ4n) is 2.19. The van der Waals surface area contributed by atoms with Crippen molar-refractivity contribution in [2.75, 3.05) is 44.3 Å². The second-order valence-electron chi connectivity index (χ2n) is 5.89.